The van der Waals surface area contributed by atoms with Gasteiger partial charge < -0.3 is 14.4 Å². The molecule has 0 bridgehead atoms. The summed E-state index contributed by atoms with van der Waals surface area (Å²) in [4.78, 5) is 4.18. The quantitative estimate of drug-likeness (QED) is 0.765. The van der Waals surface area contributed by atoms with Crippen molar-refractivity contribution in [2.24, 2.45) is 13.0 Å². The average Bonchev–Trinajstić information content (AvgIpc) is 2.52. The van der Waals surface area contributed by atoms with Crippen LogP contribution in [0.3, 0.4) is 0 Å². The van der Waals surface area contributed by atoms with Crippen molar-refractivity contribution in [2.75, 3.05) is 13.7 Å². The lowest BCUT2D eigenvalue weighted by Crippen LogP contribution is -2.19. The number of ether oxygens (including phenoxy) is 1. The van der Waals surface area contributed by atoms with Gasteiger partial charge in [0.05, 0.1) is 6.10 Å². The zero-order valence-electron chi connectivity index (χ0n) is 9.68. The minimum atomic E-state index is -0.337. The molecule has 0 saturated carbocycles. The highest BCUT2D eigenvalue weighted by molar-refractivity contribution is 4.93. The van der Waals surface area contributed by atoms with Crippen molar-refractivity contribution >= 4 is 0 Å². The van der Waals surface area contributed by atoms with E-state index in [9.17, 15) is 5.11 Å². The Balaban J connectivity index is 2.36. The summed E-state index contributed by atoms with van der Waals surface area (Å²) in [6.07, 6.45) is 4.66. The number of aryl methyl sites for hydroxylation is 1. The number of hydrogen-bond donors (Lipinski definition) is 1. The Kier molecular flexibility index (Phi) is 4.78. The van der Waals surface area contributed by atoms with E-state index in [4.69, 9.17) is 4.74 Å². The van der Waals surface area contributed by atoms with Crippen molar-refractivity contribution in [3.8, 4) is 0 Å². The highest BCUT2D eigenvalue weighted by Crippen LogP contribution is 2.10. The highest BCUT2D eigenvalue weighted by Gasteiger charge is 2.12. The van der Waals surface area contributed by atoms with Crippen LogP contribution in [0.15, 0.2) is 12.4 Å². The van der Waals surface area contributed by atoms with Gasteiger partial charge in [-0.15, -0.1) is 0 Å². The maximum Gasteiger partial charge on any atom is 0.110 e. The van der Waals surface area contributed by atoms with Crippen molar-refractivity contribution in [2.45, 2.75) is 25.9 Å². The fourth-order valence-corrected chi connectivity index (χ4v) is 1.70. The Hall–Kier alpha value is -0.870. The molecule has 0 aliphatic heterocycles. The second-order valence-corrected chi connectivity index (χ2v) is 4.11. The van der Waals surface area contributed by atoms with Crippen LogP contribution in [0.1, 0.15) is 19.2 Å². The molecule has 2 atom stereocenters. The van der Waals surface area contributed by atoms with Crippen LogP contribution in [0.2, 0.25) is 0 Å². The lowest BCUT2D eigenvalue weighted by atomic mass is 10.0. The van der Waals surface area contributed by atoms with E-state index in [2.05, 4.69) is 11.9 Å². The molecule has 4 heteroatoms. The first-order valence-corrected chi connectivity index (χ1v) is 5.26. The lowest BCUT2D eigenvalue weighted by Gasteiger charge is -2.15. The van der Waals surface area contributed by atoms with E-state index in [0.717, 1.165) is 12.2 Å². The number of aromatic nitrogens is 2. The van der Waals surface area contributed by atoms with E-state index in [1.54, 1.807) is 13.3 Å². The van der Waals surface area contributed by atoms with Crippen LogP contribution >= 0.6 is 0 Å². The van der Waals surface area contributed by atoms with Crippen molar-refractivity contribution in [3.63, 3.8) is 0 Å². The molecule has 1 heterocycles. The van der Waals surface area contributed by atoms with Crippen LogP contribution in [0.25, 0.3) is 0 Å². The maximum absolute atomic E-state index is 9.83. The molecule has 0 spiro atoms. The van der Waals surface area contributed by atoms with Gasteiger partial charge in [0.15, 0.2) is 0 Å². The van der Waals surface area contributed by atoms with E-state index in [1.165, 1.54) is 0 Å². The van der Waals surface area contributed by atoms with Gasteiger partial charge in [0, 0.05) is 39.6 Å². The summed E-state index contributed by atoms with van der Waals surface area (Å²) in [7, 11) is 3.62. The Morgan fingerprint density at radius 2 is 2.33 bits per heavy atom. The Morgan fingerprint density at radius 3 is 2.87 bits per heavy atom. The minimum absolute atomic E-state index is 0.337. The van der Waals surface area contributed by atoms with E-state index in [0.29, 0.717) is 18.9 Å². The van der Waals surface area contributed by atoms with Gasteiger partial charge in [-0.05, 0) is 12.3 Å². The van der Waals surface area contributed by atoms with Gasteiger partial charge in [0.2, 0.25) is 0 Å². The van der Waals surface area contributed by atoms with Crippen molar-refractivity contribution in [1.29, 1.82) is 0 Å². The summed E-state index contributed by atoms with van der Waals surface area (Å²) >= 11 is 0. The third-order valence-corrected chi connectivity index (χ3v) is 2.46. The summed E-state index contributed by atoms with van der Waals surface area (Å²) in [5.41, 5.74) is 0. The lowest BCUT2D eigenvalue weighted by molar-refractivity contribution is 0.100. The van der Waals surface area contributed by atoms with E-state index in [1.807, 2.05) is 17.8 Å². The molecular weight excluding hydrogens is 192 g/mol. The second-order valence-electron chi connectivity index (χ2n) is 4.11. The van der Waals surface area contributed by atoms with Gasteiger partial charge in [-0.25, -0.2) is 4.98 Å². The minimum Gasteiger partial charge on any atom is -0.393 e. The van der Waals surface area contributed by atoms with Gasteiger partial charge in [0.25, 0.3) is 0 Å². The number of rotatable bonds is 6. The van der Waals surface area contributed by atoms with Gasteiger partial charge >= 0.3 is 0 Å². The van der Waals surface area contributed by atoms with Crippen molar-refractivity contribution in [1.82, 2.24) is 9.55 Å². The van der Waals surface area contributed by atoms with Crippen LogP contribution in [0.4, 0.5) is 0 Å². The van der Waals surface area contributed by atoms with Crippen LogP contribution in [-0.4, -0.2) is 34.5 Å². The number of nitrogens with zero attached hydrogens (tertiary/aromatic N) is 2. The smallest absolute Gasteiger partial charge is 0.110 e. The summed E-state index contributed by atoms with van der Waals surface area (Å²) in [6.45, 7) is 2.77. The number of aliphatic hydroxyl groups is 1. The maximum atomic E-state index is 9.83. The molecular formula is C11H20N2O2. The molecule has 86 valence electrons. The van der Waals surface area contributed by atoms with Crippen LogP contribution in [-0.2, 0) is 18.2 Å². The molecule has 4 nitrogen and oxygen atoms in total. The first kappa shape index (κ1) is 12.2. The zero-order valence-corrected chi connectivity index (χ0v) is 9.68. The van der Waals surface area contributed by atoms with Crippen molar-refractivity contribution in [3.05, 3.63) is 18.2 Å². The summed E-state index contributed by atoms with van der Waals surface area (Å²) in [6, 6.07) is 0. The van der Waals surface area contributed by atoms with Crippen LogP contribution in [0, 0.1) is 5.92 Å². The van der Waals surface area contributed by atoms with Crippen LogP contribution < -0.4 is 0 Å². The summed E-state index contributed by atoms with van der Waals surface area (Å²) in [5.74, 6) is 1.30. The third-order valence-electron chi connectivity index (χ3n) is 2.46. The Labute approximate surface area is 90.9 Å². The molecule has 0 aliphatic carbocycles. The van der Waals surface area contributed by atoms with Gasteiger partial charge in [0.1, 0.15) is 5.82 Å². The molecule has 1 rings (SSSR count). The molecule has 0 radical (unpaired) electrons. The van der Waals surface area contributed by atoms with Gasteiger partial charge in [-0.3, -0.25) is 0 Å². The fraction of sp³-hybridized carbons (Fsp3) is 0.727. The molecule has 1 aromatic rings. The fourth-order valence-electron chi connectivity index (χ4n) is 1.70. The first-order chi connectivity index (χ1) is 7.13. The van der Waals surface area contributed by atoms with Crippen LogP contribution in [0.5, 0.6) is 0 Å². The molecule has 0 aromatic carbocycles. The van der Waals surface area contributed by atoms with E-state index in [-0.39, 0.29) is 6.10 Å². The molecule has 0 fully saturated rings. The average molecular weight is 212 g/mol. The largest absolute Gasteiger partial charge is 0.393 e. The predicted molar refractivity (Wildman–Crippen MR) is 58.6 cm³/mol. The predicted octanol–water partition coefficient (Wildman–Crippen LogP) is 0.996. The molecule has 0 amide bonds. The summed E-state index contributed by atoms with van der Waals surface area (Å²) < 4.78 is 6.97. The highest BCUT2D eigenvalue weighted by atomic mass is 16.5. The molecule has 15 heavy (non-hydrogen) atoms. The van der Waals surface area contributed by atoms with Crippen molar-refractivity contribution < 1.29 is 9.84 Å². The van der Waals surface area contributed by atoms with E-state index >= 15 is 0 Å². The molecule has 0 saturated heterocycles. The summed E-state index contributed by atoms with van der Waals surface area (Å²) in [5, 5.41) is 9.83. The number of imidazole rings is 1. The Morgan fingerprint density at radius 1 is 1.60 bits per heavy atom. The normalized spacial score (nSPS) is 15.2. The molecule has 0 aliphatic rings. The van der Waals surface area contributed by atoms with Gasteiger partial charge in [-0.2, -0.15) is 0 Å². The molecule has 1 aromatic heterocycles. The van der Waals surface area contributed by atoms with E-state index < -0.39 is 0 Å². The zero-order chi connectivity index (χ0) is 11.3. The standard InChI is InChI=1S/C11H20N2O2/c1-9(8-15-3)6-10(14)7-11-12-4-5-13(11)2/h4-5,9-10,14H,6-8H2,1-3H3. The SMILES string of the molecule is COCC(C)CC(O)Cc1nccn1C. The third kappa shape index (κ3) is 4.01. The monoisotopic (exact) mass is 212 g/mol. The molecule has 1 N–H and O–H groups in total. The second kappa shape index (κ2) is 5.88. The number of methoxy groups -OCH3 is 1. The van der Waals surface area contributed by atoms with Gasteiger partial charge in [-0.1, -0.05) is 6.92 Å². The Bertz CT molecular complexity index is 286. The first-order valence-electron chi connectivity index (χ1n) is 5.26. The number of hydrogen-bond acceptors (Lipinski definition) is 3. The topological polar surface area (TPSA) is 47.3 Å². The number of aliphatic hydroxyl groups excluding tert-OH is 1. The molecule has 2 unspecified atom stereocenters.